The number of carbonyl (C=O) groups excluding carboxylic acids is 1. The number of carboxylic acid groups (broad SMARTS) is 1. The van der Waals surface area contributed by atoms with Gasteiger partial charge in [0, 0.05) is 13.6 Å². The van der Waals surface area contributed by atoms with Crippen molar-refractivity contribution in [3.63, 3.8) is 0 Å². The minimum Gasteiger partial charge on any atom is -0.480 e. The zero-order valence-electron chi connectivity index (χ0n) is 10.5. The van der Waals surface area contributed by atoms with Crippen LogP contribution in [0.15, 0.2) is 0 Å². The molecule has 0 bridgehead atoms. The van der Waals surface area contributed by atoms with Gasteiger partial charge in [-0.2, -0.15) is 5.26 Å². The van der Waals surface area contributed by atoms with E-state index in [4.69, 9.17) is 15.1 Å². The number of morpholine rings is 1. The standard InChI is InChI=1S/C11H17N3O4/c1-3-9(10(15)16)13(2)11(17)14-4-5-18-8(6-12)7-14/h8-9H,3-5,7H2,1-2H3,(H,15,16). The third-order valence-electron chi connectivity index (χ3n) is 2.92. The number of likely N-dealkylation sites (N-methyl/N-ethyl adjacent to an activating group) is 1. The molecule has 2 unspecified atom stereocenters. The predicted octanol–water partition coefficient (Wildman–Crippen LogP) is 0.126. The lowest BCUT2D eigenvalue weighted by Crippen LogP contribution is -2.53. The monoisotopic (exact) mass is 255 g/mol. The van der Waals surface area contributed by atoms with Crippen molar-refractivity contribution in [1.82, 2.24) is 9.80 Å². The highest BCUT2D eigenvalue weighted by Gasteiger charge is 2.31. The molecule has 1 saturated heterocycles. The summed E-state index contributed by atoms with van der Waals surface area (Å²) in [5.74, 6) is -1.03. The van der Waals surface area contributed by atoms with E-state index < -0.39 is 18.1 Å². The van der Waals surface area contributed by atoms with Gasteiger partial charge in [-0.1, -0.05) is 6.92 Å². The van der Waals surface area contributed by atoms with E-state index >= 15 is 0 Å². The van der Waals surface area contributed by atoms with Crippen molar-refractivity contribution in [3.05, 3.63) is 0 Å². The molecule has 100 valence electrons. The Kier molecular flexibility index (Phi) is 4.92. The van der Waals surface area contributed by atoms with Gasteiger partial charge < -0.3 is 19.6 Å². The summed E-state index contributed by atoms with van der Waals surface area (Å²) in [5, 5.41) is 17.8. The number of rotatable bonds is 3. The number of carboxylic acids is 1. The van der Waals surface area contributed by atoms with Gasteiger partial charge in [0.15, 0.2) is 6.10 Å². The van der Waals surface area contributed by atoms with Crippen molar-refractivity contribution in [3.8, 4) is 6.07 Å². The largest absolute Gasteiger partial charge is 0.480 e. The van der Waals surface area contributed by atoms with Gasteiger partial charge in [-0.25, -0.2) is 9.59 Å². The second kappa shape index (κ2) is 6.21. The highest BCUT2D eigenvalue weighted by Crippen LogP contribution is 2.10. The number of urea groups is 1. The number of hydrogen-bond acceptors (Lipinski definition) is 4. The third kappa shape index (κ3) is 3.11. The van der Waals surface area contributed by atoms with E-state index in [9.17, 15) is 9.59 Å². The molecule has 1 fully saturated rings. The number of hydrogen-bond donors (Lipinski definition) is 1. The van der Waals surface area contributed by atoms with Crippen LogP contribution in [0.25, 0.3) is 0 Å². The third-order valence-corrected chi connectivity index (χ3v) is 2.92. The maximum atomic E-state index is 12.1. The second-order valence-electron chi connectivity index (χ2n) is 4.09. The fraction of sp³-hybridized carbons (Fsp3) is 0.727. The Hall–Kier alpha value is -1.81. The molecule has 1 heterocycles. The van der Waals surface area contributed by atoms with Crippen LogP contribution in [0.3, 0.4) is 0 Å². The van der Waals surface area contributed by atoms with E-state index in [1.165, 1.54) is 16.8 Å². The van der Waals surface area contributed by atoms with Crippen molar-refractivity contribution in [2.45, 2.75) is 25.5 Å². The lowest BCUT2D eigenvalue weighted by molar-refractivity contribution is -0.142. The fourth-order valence-electron chi connectivity index (χ4n) is 1.87. The van der Waals surface area contributed by atoms with Gasteiger partial charge in [-0.15, -0.1) is 0 Å². The molecular weight excluding hydrogens is 238 g/mol. The summed E-state index contributed by atoms with van der Waals surface area (Å²) >= 11 is 0. The molecule has 7 nitrogen and oxygen atoms in total. The van der Waals surface area contributed by atoms with Gasteiger partial charge in [0.25, 0.3) is 0 Å². The Bertz CT molecular complexity index is 366. The van der Waals surface area contributed by atoms with Crippen LogP contribution in [0.4, 0.5) is 4.79 Å². The van der Waals surface area contributed by atoms with Crippen molar-refractivity contribution < 1.29 is 19.4 Å². The number of amides is 2. The van der Waals surface area contributed by atoms with Crippen molar-refractivity contribution >= 4 is 12.0 Å². The van der Waals surface area contributed by atoms with Gasteiger partial charge in [0.05, 0.1) is 19.2 Å². The number of aliphatic carboxylic acids is 1. The van der Waals surface area contributed by atoms with E-state index in [2.05, 4.69) is 0 Å². The molecule has 1 aliphatic heterocycles. The Morgan fingerprint density at radius 3 is 2.83 bits per heavy atom. The Morgan fingerprint density at radius 2 is 2.33 bits per heavy atom. The summed E-state index contributed by atoms with van der Waals surface area (Å²) in [4.78, 5) is 25.7. The molecule has 1 aliphatic rings. The van der Waals surface area contributed by atoms with Crippen LogP contribution in [0.2, 0.25) is 0 Å². The Labute approximate surface area is 106 Å². The molecule has 1 rings (SSSR count). The summed E-state index contributed by atoms with van der Waals surface area (Å²) in [7, 11) is 1.46. The van der Waals surface area contributed by atoms with E-state index in [0.29, 0.717) is 19.6 Å². The first-order valence-corrected chi connectivity index (χ1v) is 5.77. The quantitative estimate of drug-likeness (QED) is 0.773. The van der Waals surface area contributed by atoms with Crippen LogP contribution in [-0.4, -0.2) is 65.8 Å². The topological polar surface area (TPSA) is 93.9 Å². The van der Waals surface area contributed by atoms with Crippen molar-refractivity contribution in [1.29, 1.82) is 5.26 Å². The Morgan fingerprint density at radius 1 is 1.67 bits per heavy atom. The van der Waals surface area contributed by atoms with Crippen LogP contribution in [0.5, 0.6) is 0 Å². The minimum absolute atomic E-state index is 0.176. The molecule has 1 N–H and O–H groups in total. The van der Waals surface area contributed by atoms with Crippen LogP contribution in [-0.2, 0) is 9.53 Å². The van der Waals surface area contributed by atoms with E-state index in [-0.39, 0.29) is 12.6 Å². The van der Waals surface area contributed by atoms with Gasteiger partial charge in [0.1, 0.15) is 6.04 Å². The highest BCUT2D eigenvalue weighted by molar-refractivity contribution is 5.82. The van der Waals surface area contributed by atoms with Crippen molar-refractivity contribution in [2.24, 2.45) is 0 Å². The average molecular weight is 255 g/mol. The normalized spacial score (nSPS) is 20.9. The minimum atomic E-state index is -1.03. The molecule has 0 radical (unpaired) electrons. The number of carbonyl (C=O) groups is 2. The van der Waals surface area contributed by atoms with E-state index in [1.54, 1.807) is 6.92 Å². The molecule has 18 heavy (non-hydrogen) atoms. The summed E-state index contributed by atoms with van der Waals surface area (Å²) in [6, 6.07) is 0.715. The van der Waals surface area contributed by atoms with Crippen LogP contribution < -0.4 is 0 Å². The predicted molar refractivity (Wildman–Crippen MR) is 61.8 cm³/mol. The van der Waals surface area contributed by atoms with Gasteiger partial charge in [-0.3, -0.25) is 0 Å². The summed E-state index contributed by atoms with van der Waals surface area (Å²) in [5.41, 5.74) is 0. The summed E-state index contributed by atoms with van der Waals surface area (Å²) in [6.45, 7) is 2.55. The van der Waals surface area contributed by atoms with E-state index in [1.807, 2.05) is 6.07 Å². The second-order valence-corrected chi connectivity index (χ2v) is 4.09. The number of nitrogens with zero attached hydrogens (tertiary/aromatic N) is 3. The van der Waals surface area contributed by atoms with Crippen molar-refractivity contribution in [2.75, 3.05) is 26.7 Å². The first-order chi connectivity index (χ1) is 8.51. The maximum Gasteiger partial charge on any atom is 0.326 e. The van der Waals surface area contributed by atoms with Crippen LogP contribution in [0, 0.1) is 11.3 Å². The molecule has 0 aromatic carbocycles. The Balaban J connectivity index is 2.68. The van der Waals surface area contributed by atoms with Crippen LogP contribution in [0.1, 0.15) is 13.3 Å². The SMILES string of the molecule is CCC(C(=O)O)N(C)C(=O)N1CCOC(C#N)C1. The molecular formula is C11H17N3O4. The summed E-state index contributed by atoms with van der Waals surface area (Å²) < 4.78 is 5.13. The highest BCUT2D eigenvalue weighted by atomic mass is 16.5. The lowest BCUT2D eigenvalue weighted by Gasteiger charge is -2.34. The van der Waals surface area contributed by atoms with Gasteiger partial charge in [-0.05, 0) is 6.42 Å². The van der Waals surface area contributed by atoms with Gasteiger partial charge >= 0.3 is 12.0 Å². The maximum absolute atomic E-state index is 12.1. The smallest absolute Gasteiger partial charge is 0.326 e. The molecule has 2 amide bonds. The molecule has 7 heteroatoms. The fourth-order valence-corrected chi connectivity index (χ4v) is 1.87. The molecule has 0 aromatic heterocycles. The van der Waals surface area contributed by atoms with Gasteiger partial charge in [0.2, 0.25) is 0 Å². The first-order valence-electron chi connectivity index (χ1n) is 5.77. The zero-order chi connectivity index (χ0) is 13.7. The molecule has 0 spiro atoms. The lowest BCUT2D eigenvalue weighted by atomic mass is 10.2. The average Bonchev–Trinajstić information content (AvgIpc) is 2.38. The molecule has 0 saturated carbocycles. The first kappa shape index (κ1) is 14.3. The van der Waals surface area contributed by atoms with Crippen LogP contribution >= 0.6 is 0 Å². The number of nitriles is 1. The summed E-state index contributed by atoms with van der Waals surface area (Å²) in [6.07, 6.45) is -0.301. The zero-order valence-corrected chi connectivity index (χ0v) is 10.5. The number of ether oxygens (including phenoxy) is 1. The molecule has 2 atom stereocenters. The van der Waals surface area contributed by atoms with E-state index in [0.717, 1.165) is 0 Å². The molecule has 0 aromatic rings. The molecule has 0 aliphatic carbocycles.